The van der Waals surface area contributed by atoms with Crippen molar-refractivity contribution in [2.75, 3.05) is 56.9 Å². The minimum Gasteiger partial charge on any atom is -0.494 e. The van der Waals surface area contributed by atoms with Crippen LogP contribution in [0.5, 0.6) is 5.75 Å². The maximum Gasteiger partial charge on any atom is 0.247 e. The van der Waals surface area contributed by atoms with Gasteiger partial charge < -0.3 is 29.7 Å². The average Bonchev–Trinajstić information content (AvgIpc) is 3.22. The van der Waals surface area contributed by atoms with Gasteiger partial charge in [0.25, 0.3) is 0 Å². The molecule has 2 N–H and O–H groups in total. The molecule has 0 saturated carbocycles. The molecular formula is C30H37N7O2. The number of nitrogens with one attached hydrogen (secondary N) is 2. The fraction of sp³-hybridized carbons (Fsp3) is 0.300. The van der Waals surface area contributed by atoms with Crippen LogP contribution >= 0.6 is 0 Å². The number of hydrogen-bond acceptors (Lipinski definition) is 7. The molecule has 0 atom stereocenters. The Balaban J connectivity index is 1.73. The van der Waals surface area contributed by atoms with Crippen molar-refractivity contribution < 1.29 is 9.53 Å². The van der Waals surface area contributed by atoms with Gasteiger partial charge in [-0.15, -0.1) is 0 Å². The smallest absolute Gasteiger partial charge is 0.247 e. The highest BCUT2D eigenvalue weighted by Gasteiger charge is 2.17. The van der Waals surface area contributed by atoms with Crippen LogP contribution in [-0.4, -0.2) is 66.7 Å². The van der Waals surface area contributed by atoms with Crippen LogP contribution in [0.15, 0.2) is 55.4 Å². The Labute approximate surface area is 230 Å². The quantitative estimate of drug-likeness (QED) is 0.277. The normalized spacial score (nSPS) is 11.1. The highest BCUT2D eigenvalue weighted by atomic mass is 16.5. The second-order valence-corrected chi connectivity index (χ2v) is 9.99. The summed E-state index contributed by atoms with van der Waals surface area (Å²) in [5, 5.41) is 7.36. The lowest BCUT2D eigenvalue weighted by Gasteiger charge is -2.26. The van der Waals surface area contributed by atoms with E-state index in [-0.39, 0.29) is 5.91 Å². The maximum atomic E-state index is 12.3. The molecule has 1 amide bonds. The molecule has 0 bridgehead atoms. The van der Waals surface area contributed by atoms with Crippen LogP contribution in [0.1, 0.15) is 11.1 Å². The van der Waals surface area contributed by atoms with Gasteiger partial charge >= 0.3 is 0 Å². The first-order chi connectivity index (χ1) is 18.6. The maximum absolute atomic E-state index is 12.3. The number of benzene rings is 2. The predicted molar refractivity (Wildman–Crippen MR) is 160 cm³/mol. The number of carbonyl (C=O) groups is 1. The van der Waals surface area contributed by atoms with Gasteiger partial charge in [-0.25, -0.2) is 9.97 Å². The summed E-state index contributed by atoms with van der Waals surface area (Å²) >= 11 is 0. The van der Waals surface area contributed by atoms with Crippen LogP contribution in [0.4, 0.5) is 23.0 Å². The van der Waals surface area contributed by atoms with E-state index >= 15 is 0 Å². The van der Waals surface area contributed by atoms with E-state index in [1.165, 1.54) is 17.2 Å². The van der Waals surface area contributed by atoms with E-state index in [1.54, 1.807) is 13.3 Å². The van der Waals surface area contributed by atoms with Crippen LogP contribution in [0.3, 0.4) is 0 Å². The Bertz CT molecular complexity index is 1520. The van der Waals surface area contributed by atoms with Gasteiger partial charge in [-0.3, -0.25) is 4.79 Å². The minimum atomic E-state index is -0.298. The number of amides is 1. The molecule has 0 spiro atoms. The molecule has 0 unspecified atom stereocenters. The summed E-state index contributed by atoms with van der Waals surface area (Å²) in [6.45, 7) is 9.44. The van der Waals surface area contributed by atoms with Crippen LogP contribution in [0.2, 0.25) is 0 Å². The number of ether oxygens (including phenoxy) is 1. The summed E-state index contributed by atoms with van der Waals surface area (Å²) in [6.07, 6.45) is 5.08. The molecule has 0 saturated heterocycles. The van der Waals surface area contributed by atoms with Crippen LogP contribution in [0.25, 0.3) is 22.2 Å². The number of methoxy groups -OCH3 is 1. The van der Waals surface area contributed by atoms with E-state index in [2.05, 4.69) is 68.7 Å². The summed E-state index contributed by atoms with van der Waals surface area (Å²) < 4.78 is 7.85. The predicted octanol–water partition coefficient (Wildman–Crippen LogP) is 5.13. The summed E-state index contributed by atoms with van der Waals surface area (Å²) in [5.74, 6) is 0.720. The van der Waals surface area contributed by atoms with E-state index in [1.807, 2.05) is 46.4 Å². The van der Waals surface area contributed by atoms with Gasteiger partial charge in [0.1, 0.15) is 5.75 Å². The van der Waals surface area contributed by atoms with Gasteiger partial charge in [0.05, 0.1) is 29.9 Å². The number of likely N-dealkylation sites (N-methyl/N-ethyl adjacent to an activating group) is 2. The molecule has 4 aromatic rings. The lowest BCUT2D eigenvalue weighted by molar-refractivity contribution is -0.111. The van der Waals surface area contributed by atoms with Crippen molar-refractivity contribution in [1.82, 2.24) is 19.4 Å². The lowest BCUT2D eigenvalue weighted by Crippen LogP contribution is -2.29. The number of fused-ring (bicyclic) bond motifs is 1. The monoisotopic (exact) mass is 527 g/mol. The van der Waals surface area contributed by atoms with E-state index in [4.69, 9.17) is 9.72 Å². The summed E-state index contributed by atoms with van der Waals surface area (Å²) in [5.41, 5.74) is 7.55. The molecule has 2 aromatic carbocycles. The fourth-order valence-corrected chi connectivity index (χ4v) is 4.44. The summed E-state index contributed by atoms with van der Waals surface area (Å²) in [6, 6.07) is 10.1. The van der Waals surface area contributed by atoms with Gasteiger partial charge in [0.2, 0.25) is 11.9 Å². The fourth-order valence-electron chi connectivity index (χ4n) is 4.44. The van der Waals surface area contributed by atoms with Crippen molar-refractivity contribution >= 4 is 39.8 Å². The zero-order valence-corrected chi connectivity index (χ0v) is 23.8. The van der Waals surface area contributed by atoms with Crippen LogP contribution in [-0.2, 0) is 11.8 Å². The first-order valence-electron chi connectivity index (χ1n) is 12.8. The molecule has 4 rings (SSSR count). The molecule has 0 aliphatic rings. The van der Waals surface area contributed by atoms with Crippen molar-refractivity contribution in [3.63, 3.8) is 0 Å². The number of aromatic nitrogens is 3. The molecule has 9 heteroatoms. The third-order valence-electron chi connectivity index (χ3n) is 6.84. The first kappa shape index (κ1) is 27.7. The zero-order valence-electron chi connectivity index (χ0n) is 23.8. The molecule has 0 radical (unpaired) electrons. The van der Waals surface area contributed by atoms with Crippen molar-refractivity contribution in [1.29, 1.82) is 0 Å². The third-order valence-corrected chi connectivity index (χ3v) is 6.84. The molecule has 204 valence electrons. The van der Waals surface area contributed by atoms with E-state index < -0.39 is 0 Å². The Kier molecular flexibility index (Phi) is 8.21. The number of nitrogens with zero attached hydrogens (tertiary/aromatic N) is 5. The largest absolute Gasteiger partial charge is 0.494 e. The standard InChI is InChI=1S/C30H37N7O2/c1-9-29(38)32-24-16-25(28(39-8)17-27(24)36(6)13-12-35(4)5)34-30-31-11-10-23(33-30)22-18-37(7)26-15-20(3)19(2)14-21(22)26/h9-11,14-18H,1,12-13H2,2-8H3,(H,32,38)(H,31,33,34). The Morgan fingerprint density at radius 3 is 2.54 bits per heavy atom. The number of hydrogen-bond donors (Lipinski definition) is 2. The SMILES string of the molecule is C=CC(=O)Nc1cc(Nc2nccc(-c3cn(C)c4cc(C)c(C)cc34)n2)c(OC)cc1N(C)CCN(C)C. The molecule has 39 heavy (non-hydrogen) atoms. The lowest BCUT2D eigenvalue weighted by atomic mass is 10.0. The van der Waals surface area contributed by atoms with Crippen LogP contribution < -0.4 is 20.3 Å². The molecular weight excluding hydrogens is 490 g/mol. The van der Waals surface area contributed by atoms with Gasteiger partial charge in [0.15, 0.2) is 0 Å². The highest BCUT2D eigenvalue weighted by Crippen LogP contribution is 2.38. The topological polar surface area (TPSA) is 87.5 Å². The zero-order chi connectivity index (χ0) is 28.3. The Morgan fingerprint density at radius 1 is 1.10 bits per heavy atom. The number of rotatable bonds is 10. The molecule has 0 fully saturated rings. The summed E-state index contributed by atoms with van der Waals surface area (Å²) in [7, 11) is 9.69. The minimum absolute atomic E-state index is 0.298. The van der Waals surface area contributed by atoms with Gasteiger partial charge in [-0.05, 0) is 69.4 Å². The highest BCUT2D eigenvalue weighted by molar-refractivity contribution is 6.02. The van der Waals surface area contributed by atoms with Crippen molar-refractivity contribution in [3.8, 4) is 17.0 Å². The third kappa shape index (κ3) is 6.04. The molecule has 2 aromatic heterocycles. The van der Waals surface area contributed by atoms with E-state index in [0.29, 0.717) is 23.1 Å². The first-order valence-corrected chi connectivity index (χ1v) is 12.8. The number of carbonyl (C=O) groups excluding carboxylic acids is 1. The van der Waals surface area contributed by atoms with Gasteiger partial charge in [0, 0.05) is 62.1 Å². The van der Waals surface area contributed by atoms with Gasteiger partial charge in [-0.1, -0.05) is 6.58 Å². The molecule has 0 aliphatic heterocycles. The van der Waals surface area contributed by atoms with E-state index in [9.17, 15) is 4.79 Å². The van der Waals surface area contributed by atoms with Crippen LogP contribution in [0, 0.1) is 13.8 Å². The average molecular weight is 528 g/mol. The van der Waals surface area contributed by atoms with Crippen molar-refractivity contribution in [3.05, 3.63) is 66.5 Å². The number of aryl methyl sites for hydroxylation is 3. The molecule has 2 heterocycles. The Hall–Kier alpha value is -4.37. The second kappa shape index (κ2) is 11.6. The number of anilines is 4. The van der Waals surface area contributed by atoms with E-state index in [0.717, 1.165) is 40.9 Å². The second-order valence-electron chi connectivity index (χ2n) is 9.99. The van der Waals surface area contributed by atoms with Crippen molar-refractivity contribution in [2.24, 2.45) is 7.05 Å². The van der Waals surface area contributed by atoms with Crippen molar-refractivity contribution in [2.45, 2.75) is 13.8 Å². The molecule has 9 nitrogen and oxygen atoms in total. The Morgan fingerprint density at radius 2 is 1.85 bits per heavy atom. The summed E-state index contributed by atoms with van der Waals surface area (Å²) in [4.78, 5) is 25.7. The molecule has 0 aliphatic carbocycles. The van der Waals surface area contributed by atoms with Gasteiger partial charge in [-0.2, -0.15) is 0 Å².